The highest BCUT2D eigenvalue weighted by Gasteiger charge is 2.12. The summed E-state index contributed by atoms with van der Waals surface area (Å²) in [5, 5.41) is 9.63. The van der Waals surface area contributed by atoms with Crippen molar-refractivity contribution < 1.29 is 9.90 Å². The molecule has 0 fully saturated rings. The maximum atomic E-state index is 13.2. The van der Waals surface area contributed by atoms with E-state index in [1.54, 1.807) is 36.4 Å². The van der Waals surface area contributed by atoms with Crippen molar-refractivity contribution >= 4 is 45.0 Å². The van der Waals surface area contributed by atoms with Crippen molar-refractivity contribution in [2.75, 3.05) is 0 Å². The van der Waals surface area contributed by atoms with Gasteiger partial charge in [0.1, 0.15) is 5.82 Å². The van der Waals surface area contributed by atoms with Gasteiger partial charge in [-0.15, -0.1) is 0 Å². The lowest BCUT2D eigenvalue weighted by atomic mass is 10.1. The van der Waals surface area contributed by atoms with Crippen molar-refractivity contribution in [1.29, 1.82) is 0 Å². The fraction of sp³-hybridized carbons (Fsp3) is 0. The number of fused-ring (bicyclic) bond motifs is 1. The van der Waals surface area contributed by atoms with Crippen molar-refractivity contribution in [3.8, 4) is 5.69 Å². The monoisotopic (exact) mass is 446 g/mol. The molecule has 4 aromatic rings. The number of carbonyl (C=O) groups is 1. The molecule has 4 rings (SSSR count). The minimum Gasteiger partial charge on any atom is -0.478 e. The molecule has 3 aromatic carbocycles. The van der Waals surface area contributed by atoms with E-state index in [0.29, 0.717) is 22.4 Å². The summed E-state index contributed by atoms with van der Waals surface area (Å²) in [5.41, 5.74) is 2.04. The van der Waals surface area contributed by atoms with Crippen LogP contribution in [0.25, 0.3) is 28.7 Å². The molecule has 0 bridgehead atoms. The van der Waals surface area contributed by atoms with E-state index in [-0.39, 0.29) is 11.1 Å². The van der Waals surface area contributed by atoms with Gasteiger partial charge in [0.15, 0.2) is 0 Å². The molecule has 0 atom stereocenters. The maximum absolute atomic E-state index is 13.2. The van der Waals surface area contributed by atoms with Gasteiger partial charge in [-0.2, -0.15) is 0 Å². The third-order valence-corrected chi connectivity index (χ3v) is 4.94. The van der Waals surface area contributed by atoms with Crippen LogP contribution in [-0.4, -0.2) is 20.6 Å². The fourth-order valence-corrected chi connectivity index (χ4v) is 3.46. The van der Waals surface area contributed by atoms with E-state index in [2.05, 4.69) is 20.9 Å². The number of rotatable bonds is 4. The lowest BCUT2D eigenvalue weighted by Gasteiger charge is -2.11. The molecule has 0 aliphatic rings. The Balaban J connectivity index is 1.91. The number of aromatic carboxylic acids is 1. The number of halogens is 1. The molecule has 0 saturated carbocycles. The van der Waals surface area contributed by atoms with Gasteiger partial charge in [-0.25, -0.2) is 9.78 Å². The van der Waals surface area contributed by atoms with Gasteiger partial charge in [0.2, 0.25) is 0 Å². The third kappa shape index (κ3) is 3.88. The van der Waals surface area contributed by atoms with Gasteiger partial charge in [0.05, 0.1) is 22.2 Å². The quantitative estimate of drug-likeness (QED) is 0.477. The number of carboxylic acids is 1. The minimum absolute atomic E-state index is 0.154. The van der Waals surface area contributed by atoms with E-state index < -0.39 is 5.97 Å². The van der Waals surface area contributed by atoms with Crippen LogP contribution in [0.1, 0.15) is 21.7 Å². The Bertz CT molecular complexity index is 1310. The van der Waals surface area contributed by atoms with Gasteiger partial charge in [-0.3, -0.25) is 9.36 Å². The summed E-state index contributed by atoms with van der Waals surface area (Å²) in [5.74, 6) is -0.563. The molecule has 1 aromatic heterocycles. The summed E-state index contributed by atoms with van der Waals surface area (Å²) >= 11 is 3.45. The van der Waals surface area contributed by atoms with Crippen molar-refractivity contribution in [3.05, 3.63) is 105 Å². The molecule has 142 valence electrons. The second-order valence-corrected chi connectivity index (χ2v) is 7.28. The molecule has 0 aliphatic carbocycles. The van der Waals surface area contributed by atoms with Crippen LogP contribution in [0.3, 0.4) is 0 Å². The molecule has 6 heteroatoms. The van der Waals surface area contributed by atoms with Gasteiger partial charge in [-0.1, -0.05) is 46.3 Å². The number of benzene rings is 3. The van der Waals surface area contributed by atoms with E-state index in [1.165, 1.54) is 16.7 Å². The minimum atomic E-state index is -1.02. The van der Waals surface area contributed by atoms with E-state index in [9.17, 15) is 9.59 Å². The topological polar surface area (TPSA) is 72.2 Å². The molecule has 0 amide bonds. The average molecular weight is 447 g/mol. The zero-order valence-electron chi connectivity index (χ0n) is 15.1. The van der Waals surface area contributed by atoms with E-state index in [1.807, 2.05) is 36.4 Å². The molecule has 0 radical (unpaired) electrons. The zero-order valence-corrected chi connectivity index (χ0v) is 16.7. The van der Waals surface area contributed by atoms with Crippen LogP contribution in [0, 0.1) is 0 Å². The van der Waals surface area contributed by atoms with Crippen LogP contribution in [0.15, 0.2) is 82.1 Å². The molecule has 0 spiro atoms. The number of hydrogen-bond donors (Lipinski definition) is 1. The molecular formula is C23H15BrN2O3. The first kappa shape index (κ1) is 18.8. The first-order valence-electron chi connectivity index (χ1n) is 8.82. The summed E-state index contributed by atoms with van der Waals surface area (Å²) in [6.07, 6.45) is 3.66. The summed E-state index contributed by atoms with van der Waals surface area (Å²) in [6.45, 7) is 0. The van der Waals surface area contributed by atoms with Crippen LogP contribution >= 0.6 is 15.9 Å². The van der Waals surface area contributed by atoms with Crippen molar-refractivity contribution in [1.82, 2.24) is 9.55 Å². The van der Waals surface area contributed by atoms with Crippen LogP contribution in [-0.2, 0) is 0 Å². The molecular weight excluding hydrogens is 432 g/mol. The Hall–Kier alpha value is -3.51. The van der Waals surface area contributed by atoms with Crippen LogP contribution in [0.2, 0.25) is 0 Å². The Labute approximate surface area is 174 Å². The number of aromatic nitrogens is 2. The number of para-hydroxylation sites is 1. The SMILES string of the molecule is O=C(O)c1ccc(-n2c(/C=C\c3cccc(Br)c3)nc3ccccc3c2=O)cc1. The summed E-state index contributed by atoms with van der Waals surface area (Å²) in [4.78, 5) is 29.0. The molecule has 1 N–H and O–H groups in total. The Kier molecular flexibility index (Phi) is 5.10. The number of nitrogens with zero attached hydrogens (tertiary/aromatic N) is 2. The average Bonchev–Trinajstić information content (AvgIpc) is 2.72. The fourth-order valence-electron chi connectivity index (χ4n) is 3.05. The van der Waals surface area contributed by atoms with Crippen LogP contribution in [0.4, 0.5) is 0 Å². The van der Waals surface area contributed by atoms with Crippen molar-refractivity contribution in [2.24, 2.45) is 0 Å². The maximum Gasteiger partial charge on any atom is 0.335 e. The summed E-state index contributed by atoms with van der Waals surface area (Å²) in [7, 11) is 0. The standard InChI is InChI=1S/C23H15BrN2O3/c24-17-5-3-4-15(14-17)8-13-21-25-20-7-2-1-6-19(20)22(27)26(21)18-11-9-16(10-12-18)23(28)29/h1-14H,(H,28,29)/b13-8-. The predicted molar refractivity (Wildman–Crippen MR) is 117 cm³/mol. The molecule has 0 aliphatic heterocycles. The normalized spacial score (nSPS) is 11.2. The van der Waals surface area contributed by atoms with Gasteiger partial charge < -0.3 is 5.11 Å². The lowest BCUT2D eigenvalue weighted by molar-refractivity contribution is 0.0697. The second-order valence-electron chi connectivity index (χ2n) is 6.37. The molecule has 29 heavy (non-hydrogen) atoms. The Morgan fingerprint density at radius 1 is 0.966 bits per heavy atom. The molecule has 1 heterocycles. The molecule has 0 unspecified atom stereocenters. The Morgan fingerprint density at radius 2 is 1.72 bits per heavy atom. The first-order valence-corrected chi connectivity index (χ1v) is 9.61. The highest BCUT2D eigenvalue weighted by Crippen LogP contribution is 2.18. The Morgan fingerprint density at radius 3 is 2.45 bits per heavy atom. The van der Waals surface area contributed by atoms with Crippen molar-refractivity contribution in [3.63, 3.8) is 0 Å². The highest BCUT2D eigenvalue weighted by atomic mass is 79.9. The van der Waals surface area contributed by atoms with Gasteiger partial charge in [-0.05, 0) is 60.2 Å². The third-order valence-electron chi connectivity index (χ3n) is 4.45. The van der Waals surface area contributed by atoms with E-state index in [4.69, 9.17) is 5.11 Å². The van der Waals surface area contributed by atoms with Gasteiger partial charge in [0.25, 0.3) is 5.56 Å². The van der Waals surface area contributed by atoms with E-state index in [0.717, 1.165) is 10.0 Å². The van der Waals surface area contributed by atoms with E-state index >= 15 is 0 Å². The van der Waals surface area contributed by atoms with Crippen molar-refractivity contribution in [2.45, 2.75) is 0 Å². The lowest BCUT2D eigenvalue weighted by Crippen LogP contribution is -2.22. The van der Waals surface area contributed by atoms with Gasteiger partial charge >= 0.3 is 5.97 Å². The smallest absolute Gasteiger partial charge is 0.335 e. The summed E-state index contributed by atoms with van der Waals surface area (Å²) in [6, 6.07) is 21.1. The number of hydrogen-bond acceptors (Lipinski definition) is 3. The largest absolute Gasteiger partial charge is 0.478 e. The van der Waals surface area contributed by atoms with Gasteiger partial charge in [0, 0.05) is 4.47 Å². The predicted octanol–water partition coefficient (Wildman–Crippen LogP) is 5.02. The summed E-state index contributed by atoms with van der Waals surface area (Å²) < 4.78 is 2.44. The van der Waals surface area contributed by atoms with Crippen LogP contribution < -0.4 is 5.56 Å². The highest BCUT2D eigenvalue weighted by molar-refractivity contribution is 9.10. The molecule has 5 nitrogen and oxygen atoms in total. The van der Waals surface area contributed by atoms with Crippen LogP contribution in [0.5, 0.6) is 0 Å². The second kappa shape index (κ2) is 7.85. The number of carboxylic acid groups (broad SMARTS) is 1. The first-order chi connectivity index (χ1) is 14.0. The zero-order chi connectivity index (χ0) is 20.4. The molecule has 0 saturated heterocycles.